The molecule has 2 N–H and O–H groups in total. The lowest BCUT2D eigenvalue weighted by Crippen LogP contribution is -2.13. The van der Waals surface area contributed by atoms with E-state index in [1.165, 1.54) is 30.3 Å². The minimum absolute atomic E-state index is 0.0950. The van der Waals surface area contributed by atoms with Gasteiger partial charge in [0.25, 0.3) is 5.82 Å². The van der Waals surface area contributed by atoms with Gasteiger partial charge in [-0.05, 0) is 19.1 Å². The molecule has 0 aliphatic heterocycles. The summed E-state index contributed by atoms with van der Waals surface area (Å²) in [6.45, 7) is 1.67. The fraction of sp³-hybridized carbons (Fsp3) is 0.250. The molecule has 0 aliphatic rings. The predicted molar refractivity (Wildman–Crippen MR) is 65.3 cm³/mol. The van der Waals surface area contributed by atoms with E-state index in [0.29, 0.717) is 11.3 Å². The summed E-state index contributed by atoms with van der Waals surface area (Å²) in [6, 6.07) is 4.00. The number of carbonyl (C=O) groups excluding carboxylic acids is 1. The lowest BCUT2D eigenvalue weighted by molar-refractivity contribution is 0.0587. The van der Waals surface area contributed by atoms with Crippen LogP contribution in [0.4, 0.5) is 4.39 Å². The monoisotopic (exact) mass is 264 g/mol. The van der Waals surface area contributed by atoms with E-state index in [0.717, 1.165) is 0 Å². The SMILES string of the molecule is COC(=O)c1ncn(-c2cccc(F)c2C(C)N)n1. The summed E-state index contributed by atoms with van der Waals surface area (Å²) in [5, 5.41) is 3.94. The van der Waals surface area contributed by atoms with Crippen LogP contribution in [0.25, 0.3) is 5.69 Å². The highest BCUT2D eigenvalue weighted by molar-refractivity contribution is 5.84. The highest BCUT2D eigenvalue weighted by atomic mass is 19.1. The van der Waals surface area contributed by atoms with E-state index >= 15 is 0 Å². The van der Waals surface area contributed by atoms with Gasteiger partial charge < -0.3 is 10.5 Å². The van der Waals surface area contributed by atoms with Crippen LogP contribution in [0.5, 0.6) is 0 Å². The van der Waals surface area contributed by atoms with Crippen molar-refractivity contribution in [3.05, 3.63) is 41.7 Å². The van der Waals surface area contributed by atoms with Gasteiger partial charge in [0.15, 0.2) is 0 Å². The zero-order valence-corrected chi connectivity index (χ0v) is 10.5. The van der Waals surface area contributed by atoms with Crippen LogP contribution in [0.1, 0.15) is 29.1 Å². The maximum absolute atomic E-state index is 13.8. The number of methoxy groups -OCH3 is 1. The molecule has 0 spiro atoms. The summed E-state index contributed by atoms with van der Waals surface area (Å²) in [5.41, 5.74) is 6.50. The summed E-state index contributed by atoms with van der Waals surface area (Å²) >= 11 is 0. The molecule has 100 valence electrons. The second kappa shape index (κ2) is 5.15. The van der Waals surface area contributed by atoms with Crippen LogP contribution >= 0.6 is 0 Å². The Morgan fingerprint density at radius 3 is 2.89 bits per heavy atom. The molecule has 0 bridgehead atoms. The van der Waals surface area contributed by atoms with Crippen molar-refractivity contribution >= 4 is 5.97 Å². The molecule has 1 heterocycles. The number of hydrogen-bond donors (Lipinski definition) is 1. The lowest BCUT2D eigenvalue weighted by atomic mass is 10.1. The van der Waals surface area contributed by atoms with Gasteiger partial charge in [-0.1, -0.05) is 6.07 Å². The number of benzene rings is 1. The molecule has 0 amide bonds. The van der Waals surface area contributed by atoms with E-state index in [-0.39, 0.29) is 5.82 Å². The quantitative estimate of drug-likeness (QED) is 0.842. The largest absolute Gasteiger partial charge is 0.463 e. The molecule has 0 fully saturated rings. The van der Waals surface area contributed by atoms with Gasteiger partial charge in [0, 0.05) is 11.6 Å². The van der Waals surface area contributed by atoms with Crippen LogP contribution in [-0.2, 0) is 4.74 Å². The molecule has 1 aromatic heterocycles. The summed E-state index contributed by atoms with van der Waals surface area (Å²) in [4.78, 5) is 15.1. The second-order valence-corrected chi connectivity index (χ2v) is 3.97. The van der Waals surface area contributed by atoms with Gasteiger partial charge in [-0.3, -0.25) is 0 Å². The van der Waals surface area contributed by atoms with Crippen LogP contribution in [-0.4, -0.2) is 27.8 Å². The molecule has 0 aliphatic carbocycles. The van der Waals surface area contributed by atoms with Crippen molar-refractivity contribution in [2.75, 3.05) is 7.11 Å². The number of ether oxygens (including phenoxy) is 1. The first-order valence-electron chi connectivity index (χ1n) is 5.59. The van der Waals surface area contributed by atoms with Gasteiger partial charge >= 0.3 is 5.97 Å². The Morgan fingerprint density at radius 1 is 1.53 bits per heavy atom. The zero-order chi connectivity index (χ0) is 14.0. The van der Waals surface area contributed by atoms with Crippen LogP contribution in [0.15, 0.2) is 24.5 Å². The molecule has 0 saturated heterocycles. The second-order valence-electron chi connectivity index (χ2n) is 3.97. The van der Waals surface area contributed by atoms with Crippen LogP contribution in [0.2, 0.25) is 0 Å². The number of rotatable bonds is 3. The van der Waals surface area contributed by atoms with E-state index < -0.39 is 17.8 Å². The standard InChI is InChI=1S/C12H13FN4O2/c1-7(14)10-8(13)4-3-5-9(10)17-6-15-11(16-17)12(18)19-2/h3-7H,14H2,1-2H3. The number of esters is 1. The van der Waals surface area contributed by atoms with Crippen molar-refractivity contribution in [1.82, 2.24) is 14.8 Å². The third kappa shape index (κ3) is 2.45. The number of halogens is 1. The minimum Gasteiger partial charge on any atom is -0.463 e. The fourth-order valence-corrected chi connectivity index (χ4v) is 1.74. The Labute approximate surface area is 109 Å². The maximum Gasteiger partial charge on any atom is 0.377 e. The smallest absolute Gasteiger partial charge is 0.377 e. The Morgan fingerprint density at radius 2 is 2.26 bits per heavy atom. The van der Waals surface area contributed by atoms with E-state index in [1.807, 2.05) is 0 Å². The molecule has 0 saturated carbocycles. The lowest BCUT2D eigenvalue weighted by Gasteiger charge is -2.12. The van der Waals surface area contributed by atoms with Crippen LogP contribution in [0, 0.1) is 5.82 Å². The first kappa shape index (κ1) is 13.2. The highest BCUT2D eigenvalue weighted by Crippen LogP contribution is 2.22. The van der Waals surface area contributed by atoms with E-state index in [1.54, 1.807) is 13.0 Å². The van der Waals surface area contributed by atoms with Gasteiger partial charge in [0.1, 0.15) is 12.1 Å². The number of carbonyl (C=O) groups is 1. The summed E-state index contributed by atoms with van der Waals surface area (Å²) in [5.74, 6) is -1.18. The Balaban J connectivity index is 2.50. The number of hydrogen-bond acceptors (Lipinski definition) is 5. The fourth-order valence-electron chi connectivity index (χ4n) is 1.74. The molecule has 0 radical (unpaired) electrons. The average Bonchev–Trinajstić information content (AvgIpc) is 2.86. The summed E-state index contributed by atoms with van der Waals surface area (Å²) in [7, 11) is 1.23. The summed E-state index contributed by atoms with van der Waals surface area (Å²) < 4.78 is 19.6. The molecule has 2 rings (SSSR count). The Kier molecular flexibility index (Phi) is 3.57. The average molecular weight is 264 g/mol. The van der Waals surface area contributed by atoms with Crippen molar-refractivity contribution in [2.24, 2.45) is 5.73 Å². The predicted octanol–water partition coefficient (Wildman–Crippen LogP) is 1.21. The topological polar surface area (TPSA) is 83.0 Å². The third-order valence-electron chi connectivity index (χ3n) is 2.59. The Bertz CT molecular complexity index is 610. The molecule has 7 heteroatoms. The van der Waals surface area contributed by atoms with Gasteiger partial charge in [0.05, 0.1) is 12.8 Å². The first-order chi connectivity index (χ1) is 9.04. The number of nitrogens with two attached hydrogens (primary N) is 1. The third-order valence-corrected chi connectivity index (χ3v) is 2.59. The number of aromatic nitrogens is 3. The van der Waals surface area contributed by atoms with Gasteiger partial charge in [0.2, 0.25) is 0 Å². The molecule has 19 heavy (non-hydrogen) atoms. The molecular formula is C12H13FN4O2. The first-order valence-corrected chi connectivity index (χ1v) is 5.59. The van der Waals surface area contributed by atoms with Gasteiger partial charge in [-0.15, -0.1) is 5.10 Å². The van der Waals surface area contributed by atoms with E-state index in [2.05, 4.69) is 14.8 Å². The van der Waals surface area contributed by atoms with Gasteiger partial charge in [-0.2, -0.15) is 0 Å². The molecule has 1 unspecified atom stereocenters. The zero-order valence-electron chi connectivity index (χ0n) is 10.5. The van der Waals surface area contributed by atoms with E-state index in [9.17, 15) is 9.18 Å². The Hall–Kier alpha value is -2.28. The maximum atomic E-state index is 13.8. The molecule has 2 aromatic rings. The molecular weight excluding hydrogens is 251 g/mol. The van der Waals surface area contributed by atoms with Gasteiger partial charge in [-0.25, -0.2) is 18.9 Å². The number of nitrogens with zero attached hydrogens (tertiary/aromatic N) is 3. The summed E-state index contributed by atoms with van der Waals surface area (Å²) in [6.07, 6.45) is 1.31. The minimum atomic E-state index is -0.655. The highest BCUT2D eigenvalue weighted by Gasteiger charge is 2.17. The molecule has 6 nitrogen and oxygen atoms in total. The van der Waals surface area contributed by atoms with Crippen molar-refractivity contribution < 1.29 is 13.9 Å². The van der Waals surface area contributed by atoms with E-state index in [4.69, 9.17) is 5.73 Å². The normalized spacial score (nSPS) is 12.2. The van der Waals surface area contributed by atoms with Crippen LogP contribution in [0.3, 0.4) is 0 Å². The molecule has 1 atom stereocenters. The van der Waals surface area contributed by atoms with Crippen molar-refractivity contribution in [2.45, 2.75) is 13.0 Å². The van der Waals surface area contributed by atoms with Crippen molar-refractivity contribution in [3.63, 3.8) is 0 Å². The van der Waals surface area contributed by atoms with Crippen molar-refractivity contribution in [1.29, 1.82) is 0 Å². The van der Waals surface area contributed by atoms with Crippen molar-refractivity contribution in [3.8, 4) is 5.69 Å². The van der Waals surface area contributed by atoms with Crippen LogP contribution < -0.4 is 5.73 Å². The molecule has 1 aromatic carbocycles.